The van der Waals surface area contributed by atoms with Gasteiger partial charge in [-0.25, -0.2) is 40.7 Å². The largest absolute Gasteiger partial charge is 0.446 e. The van der Waals surface area contributed by atoms with Crippen LogP contribution in [0.5, 0.6) is 0 Å². The Morgan fingerprint density at radius 3 is 2.70 bits per heavy atom. The summed E-state index contributed by atoms with van der Waals surface area (Å²) in [4.78, 5) is 23.8. The number of amides is 1. The van der Waals surface area contributed by atoms with Crippen molar-refractivity contribution in [2.45, 2.75) is 24.4 Å². The number of sulfonamides is 1. The number of nitrogens with two attached hydrogens (primary N) is 1. The normalized spacial score (nSPS) is 12.8. The molecule has 2 heterocycles. The van der Waals surface area contributed by atoms with Gasteiger partial charge in [-0.2, -0.15) is 0 Å². The SMILES string of the molecule is C[C@H](CSc1nonc1-c1noc(=O)n1-c1ccc(F)c(C(F)F)c1)NC(=O)CS(N)(=O)=O. The van der Waals surface area contributed by atoms with Crippen molar-refractivity contribution in [2.24, 2.45) is 5.14 Å². The predicted octanol–water partition coefficient (Wildman–Crippen LogP) is 0.837. The van der Waals surface area contributed by atoms with Crippen molar-refractivity contribution in [1.29, 1.82) is 0 Å². The molecule has 2 aromatic heterocycles. The fraction of sp³-hybridized carbons (Fsp3) is 0.312. The number of rotatable bonds is 9. The maximum atomic E-state index is 13.6. The summed E-state index contributed by atoms with van der Waals surface area (Å²) >= 11 is 1.00. The summed E-state index contributed by atoms with van der Waals surface area (Å²) in [5.41, 5.74) is -1.17. The molecule has 0 saturated heterocycles. The molecular weight excluding hydrogens is 493 g/mol. The van der Waals surface area contributed by atoms with Crippen molar-refractivity contribution in [2.75, 3.05) is 11.5 Å². The van der Waals surface area contributed by atoms with Gasteiger partial charge in [-0.3, -0.25) is 9.32 Å². The lowest BCUT2D eigenvalue weighted by atomic mass is 10.2. The summed E-state index contributed by atoms with van der Waals surface area (Å²) in [5, 5.41) is 18.2. The second-order valence-corrected chi connectivity index (χ2v) is 9.24. The van der Waals surface area contributed by atoms with Crippen LogP contribution in [0.15, 0.2) is 37.2 Å². The minimum atomic E-state index is -3.99. The van der Waals surface area contributed by atoms with E-state index >= 15 is 0 Å². The number of primary sulfonamides is 1. The summed E-state index contributed by atoms with van der Waals surface area (Å²) in [6, 6.07) is 2.07. The lowest BCUT2D eigenvalue weighted by molar-refractivity contribution is -0.119. The van der Waals surface area contributed by atoms with Gasteiger partial charge in [0.1, 0.15) is 11.6 Å². The maximum Gasteiger partial charge on any atom is 0.446 e. The van der Waals surface area contributed by atoms with Gasteiger partial charge in [0, 0.05) is 11.8 Å². The van der Waals surface area contributed by atoms with E-state index in [0.29, 0.717) is 0 Å². The van der Waals surface area contributed by atoms with Gasteiger partial charge in [-0.1, -0.05) is 16.9 Å². The highest BCUT2D eigenvalue weighted by Gasteiger charge is 2.25. The lowest BCUT2D eigenvalue weighted by Gasteiger charge is -2.12. The third kappa shape index (κ3) is 5.99. The highest BCUT2D eigenvalue weighted by Crippen LogP contribution is 2.30. The molecule has 12 nitrogen and oxygen atoms in total. The standard InChI is InChI=1S/C16H15F3N6O6S2/c1-7(21-11(26)6-33(20,28)29)5-32-15-12(22-31-24-15)14-23-30-16(27)25(14)8-2-3-10(17)9(4-8)13(18)19/h2-4,7,13H,5-6H2,1H3,(H,21,26)(H2,20,28,29)/t7-/m1/s1. The molecule has 0 unspecified atom stereocenters. The lowest BCUT2D eigenvalue weighted by Crippen LogP contribution is -2.39. The second kappa shape index (κ2) is 9.75. The monoisotopic (exact) mass is 508 g/mol. The molecule has 3 aromatic rings. The number of hydrogen-bond acceptors (Lipinski definition) is 10. The second-order valence-electron chi connectivity index (χ2n) is 6.62. The third-order valence-electron chi connectivity index (χ3n) is 3.96. The molecule has 17 heteroatoms. The fourth-order valence-electron chi connectivity index (χ4n) is 2.62. The van der Waals surface area contributed by atoms with Crippen LogP contribution in [0.4, 0.5) is 13.2 Å². The van der Waals surface area contributed by atoms with Crippen LogP contribution in [0.25, 0.3) is 17.2 Å². The van der Waals surface area contributed by atoms with E-state index in [1.54, 1.807) is 6.92 Å². The number of thioether (sulfide) groups is 1. The van der Waals surface area contributed by atoms with Gasteiger partial charge in [-0.05, 0) is 35.4 Å². The molecule has 0 bridgehead atoms. The number of nitrogens with zero attached hydrogens (tertiary/aromatic N) is 4. The van der Waals surface area contributed by atoms with Gasteiger partial charge in [0.15, 0.2) is 10.7 Å². The quantitative estimate of drug-likeness (QED) is 0.394. The predicted molar refractivity (Wildman–Crippen MR) is 107 cm³/mol. The molecule has 33 heavy (non-hydrogen) atoms. The molecule has 178 valence electrons. The molecule has 0 aliphatic heterocycles. The molecule has 0 radical (unpaired) electrons. The van der Waals surface area contributed by atoms with Crippen molar-refractivity contribution >= 4 is 27.7 Å². The fourth-order valence-corrected chi connectivity index (χ4v) is 3.91. The zero-order chi connectivity index (χ0) is 24.3. The average molecular weight is 508 g/mol. The van der Waals surface area contributed by atoms with Crippen molar-refractivity contribution in [3.8, 4) is 17.2 Å². The summed E-state index contributed by atoms with van der Waals surface area (Å²) in [5.74, 6) is -3.99. The minimum Gasteiger partial charge on any atom is -0.352 e. The minimum absolute atomic E-state index is 0.0863. The maximum absolute atomic E-state index is 13.6. The van der Waals surface area contributed by atoms with Crippen molar-refractivity contribution < 1.29 is 35.5 Å². The van der Waals surface area contributed by atoms with E-state index in [9.17, 15) is 31.2 Å². The Kier molecular flexibility index (Phi) is 7.23. The number of aromatic nitrogens is 4. The zero-order valence-corrected chi connectivity index (χ0v) is 18.2. The molecule has 0 spiro atoms. The van der Waals surface area contributed by atoms with E-state index in [1.807, 2.05) is 0 Å². The summed E-state index contributed by atoms with van der Waals surface area (Å²) in [6.07, 6.45) is -3.13. The highest BCUT2D eigenvalue weighted by atomic mass is 32.2. The molecule has 0 aliphatic rings. The van der Waals surface area contributed by atoms with Gasteiger partial charge < -0.3 is 5.32 Å². The van der Waals surface area contributed by atoms with E-state index in [2.05, 4.69) is 29.9 Å². The first-order chi connectivity index (χ1) is 15.5. The number of hydrogen-bond donors (Lipinski definition) is 2. The Morgan fingerprint density at radius 1 is 1.30 bits per heavy atom. The molecule has 1 amide bonds. The van der Waals surface area contributed by atoms with Crippen LogP contribution in [0, 0.1) is 5.82 Å². The van der Waals surface area contributed by atoms with E-state index in [-0.39, 0.29) is 28.0 Å². The number of benzene rings is 1. The van der Waals surface area contributed by atoms with E-state index < -0.39 is 51.3 Å². The van der Waals surface area contributed by atoms with Gasteiger partial charge in [0.05, 0.1) is 11.3 Å². The van der Waals surface area contributed by atoms with Gasteiger partial charge in [-0.15, -0.1) is 0 Å². The Balaban J connectivity index is 1.83. The zero-order valence-electron chi connectivity index (χ0n) is 16.6. The Morgan fingerprint density at radius 2 is 2.03 bits per heavy atom. The van der Waals surface area contributed by atoms with Gasteiger partial charge in [0.2, 0.25) is 21.8 Å². The van der Waals surface area contributed by atoms with Gasteiger partial charge >= 0.3 is 5.76 Å². The molecule has 0 aliphatic carbocycles. The number of alkyl halides is 2. The van der Waals surface area contributed by atoms with Crippen molar-refractivity contribution in [1.82, 2.24) is 25.4 Å². The van der Waals surface area contributed by atoms with E-state index in [1.165, 1.54) is 0 Å². The molecule has 1 aromatic carbocycles. The number of nitrogens with one attached hydrogen (secondary N) is 1. The first-order valence-electron chi connectivity index (χ1n) is 8.88. The van der Waals surface area contributed by atoms with Crippen LogP contribution in [-0.2, 0) is 14.8 Å². The number of halogens is 3. The van der Waals surface area contributed by atoms with E-state index in [0.717, 1.165) is 34.5 Å². The smallest absolute Gasteiger partial charge is 0.352 e. The van der Waals surface area contributed by atoms with Crippen LogP contribution in [0.1, 0.15) is 18.9 Å². The van der Waals surface area contributed by atoms with Gasteiger partial charge in [0.25, 0.3) is 6.43 Å². The Bertz CT molecular complexity index is 1320. The highest BCUT2D eigenvalue weighted by molar-refractivity contribution is 7.99. The average Bonchev–Trinajstić information content (AvgIpc) is 3.31. The molecule has 3 rings (SSSR count). The summed E-state index contributed by atoms with van der Waals surface area (Å²) in [7, 11) is -3.99. The first kappa shape index (κ1) is 24.5. The molecule has 1 atom stereocenters. The molecule has 0 fully saturated rings. The summed E-state index contributed by atoms with van der Waals surface area (Å²) in [6.45, 7) is 1.58. The van der Waals surface area contributed by atoms with Crippen LogP contribution >= 0.6 is 11.8 Å². The Labute approximate surface area is 187 Å². The number of carbonyl (C=O) groups is 1. The van der Waals surface area contributed by atoms with Crippen LogP contribution in [0.3, 0.4) is 0 Å². The third-order valence-corrected chi connectivity index (χ3v) is 5.83. The topological polar surface area (TPSA) is 176 Å². The van der Waals surface area contributed by atoms with Crippen LogP contribution < -0.4 is 16.2 Å². The van der Waals surface area contributed by atoms with Crippen molar-refractivity contribution in [3.05, 3.63) is 40.1 Å². The molecule has 0 saturated carbocycles. The molecule has 3 N–H and O–H groups in total. The van der Waals surface area contributed by atoms with Crippen molar-refractivity contribution in [3.63, 3.8) is 0 Å². The molecular formula is C16H15F3N6O6S2. The first-order valence-corrected chi connectivity index (χ1v) is 11.6. The number of carbonyl (C=O) groups excluding carboxylic acids is 1. The summed E-state index contributed by atoms with van der Waals surface area (Å²) < 4.78 is 71.8. The van der Waals surface area contributed by atoms with Crippen LogP contribution in [0.2, 0.25) is 0 Å². The Hall–Kier alpha value is -3.18. The van der Waals surface area contributed by atoms with Crippen LogP contribution in [-0.4, -0.2) is 51.9 Å². The van der Waals surface area contributed by atoms with E-state index in [4.69, 9.17) is 5.14 Å².